The van der Waals surface area contributed by atoms with E-state index in [9.17, 15) is 29.1 Å². The van der Waals surface area contributed by atoms with Crippen molar-refractivity contribution in [1.82, 2.24) is 15.5 Å². The Bertz CT molecular complexity index is 1660. The van der Waals surface area contributed by atoms with Crippen LogP contribution in [0.2, 0.25) is 0 Å². The van der Waals surface area contributed by atoms with Crippen molar-refractivity contribution < 1.29 is 57.5 Å². The van der Waals surface area contributed by atoms with Crippen LogP contribution in [0.4, 0.5) is 4.79 Å². The Morgan fingerprint density at radius 1 is 1.04 bits per heavy atom. The van der Waals surface area contributed by atoms with Crippen LogP contribution in [0.25, 0.3) is 0 Å². The lowest BCUT2D eigenvalue weighted by atomic mass is 9.50. The van der Waals surface area contributed by atoms with E-state index in [1.165, 1.54) is 6.92 Å². The van der Waals surface area contributed by atoms with Gasteiger partial charge in [0.05, 0.1) is 24.5 Å². The van der Waals surface area contributed by atoms with Gasteiger partial charge in [0, 0.05) is 31.0 Å². The summed E-state index contributed by atoms with van der Waals surface area (Å²) in [6, 6.07) is 2.53. The Labute approximate surface area is 310 Å². The largest absolute Gasteiger partial charge is 0.493 e. The molecule has 292 valence electrons. The van der Waals surface area contributed by atoms with E-state index in [1.807, 2.05) is 19.2 Å². The van der Waals surface area contributed by atoms with Crippen LogP contribution < -0.4 is 20.1 Å². The number of benzene rings is 1. The van der Waals surface area contributed by atoms with Crippen LogP contribution in [-0.2, 0) is 50.0 Å². The van der Waals surface area contributed by atoms with E-state index < -0.39 is 70.4 Å². The van der Waals surface area contributed by atoms with Crippen LogP contribution in [0, 0.1) is 0 Å². The number of esters is 3. The smallest absolute Gasteiger partial charge is 0.408 e. The number of hydrogen-bond donors (Lipinski definition) is 3. The number of ether oxygens (including phenoxy) is 6. The third-order valence-electron chi connectivity index (χ3n) is 10.1. The third kappa shape index (κ3) is 8.10. The van der Waals surface area contributed by atoms with E-state index in [0.717, 1.165) is 11.1 Å². The monoisotopic (exact) mass is 743 g/mol. The van der Waals surface area contributed by atoms with Gasteiger partial charge in [-0.3, -0.25) is 14.4 Å². The first-order valence-electron chi connectivity index (χ1n) is 18.1. The molecular formula is C38H53N3O12. The number of likely N-dealkylation sites (N-methyl/N-ethyl adjacent to an activating group) is 1. The number of carbonyl (C=O) groups is 5. The molecular weight excluding hydrogens is 690 g/mol. The Hall–Kier alpha value is -4.37. The fraction of sp³-hybridized carbons (Fsp3) is 0.658. The summed E-state index contributed by atoms with van der Waals surface area (Å²) in [6.07, 6.45) is -0.378. The summed E-state index contributed by atoms with van der Waals surface area (Å²) >= 11 is 0. The summed E-state index contributed by atoms with van der Waals surface area (Å²) < 4.78 is 33.9. The van der Waals surface area contributed by atoms with Crippen LogP contribution in [0.1, 0.15) is 91.7 Å². The minimum Gasteiger partial charge on any atom is -0.493 e. The van der Waals surface area contributed by atoms with Gasteiger partial charge in [0.1, 0.15) is 23.0 Å². The maximum atomic E-state index is 13.3. The molecule has 6 atom stereocenters. The molecule has 1 spiro atoms. The molecule has 1 aromatic carbocycles. The highest BCUT2D eigenvalue weighted by Crippen LogP contribution is 2.65. The molecule has 0 aromatic heterocycles. The average molecular weight is 744 g/mol. The van der Waals surface area contributed by atoms with E-state index >= 15 is 0 Å². The van der Waals surface area contributed by atoms with Crippen molar-refractivity contribution in [3.63, 3.8) is 0 Å². The number of nitrogens with one attached hydrogen (secondary N) is 2. The molecule has 15 nitrogen and oxygen atoms in total. The Kier molecular flexibility index (Phi) is 11.1. The lowest BCUT2D eigenvalue weighted by Crippen LogP contribution is -2.74. The summed E-state index contributed by atoms with van der Waals surface area (Å²) in [6.45, 7) is 12.1. The standard InChI is InChI=1S/C38H53N3O12/c1-21(49-27(42)15-18-39-32(44)23(40-34(46)53-36(5,6)7)11-13-28(43)52-35(2,3)4)33(45)50-25-14-16-38(47)26-20-22-10-12-24(48-9)30-29(22)37(38,31(25)51-30)17-19-41(26)8/h10,12,14,21,23,26,31,47H,11,13,15-20H2,1-9H3,(H,39,44)(H,40,46)/t21-,23-,26+,31-,37-,38+/m0/s1. The molecule has 1 saturated heterocycles. The molecule has 53 heavy (non-hydrogen) atoms. The maximum absolute atomic E-state index is 13.3. The molecule has 5 rings (SSSR count). The number of rotatable bonds is 12. The molecule has 1 aromatic rings. The lowest BCUT2D eigenvalue weighted by Gasteiger charge is -2.61. The minimum atomic E-state index is -1.31. The summed E-state index contributed by atoms with van der Waals surface area (Å²) in [5, 5.41) is 17.4. The number of methoxy groups -OCH3 is 1. The van der Waals surface area contributed by atoms with Crippen molar-refractivity contribution in [2.75, 3.05) is 27.2 Å². The van der Waals surface area contributed by atoms with Crippen LogP contribution in [0.3, 0.4) is 0 Å². The molecule has 0 radical (unpaired) electrons. The normalized spacial score (nSPS) is 25.4. The van der Waals surface area contributed by atoms with Gasteiger partial charge >= 0.3 is 24.0 Å². The quantitative estimate of drug-likeness (QED) is 0.210. The predicted molar refractivity (Wildman–Crippen MR) is 189 cm³/mol. The van der Waals surface area contributed by atoms with Gasteiger partial charge in [0.15, 0.2) is 23.7 Å². The number of alkyl carbamates (subject to hydrolysis) is 1. The highest BCUT2D eigenvalue weighted by atomic mass is 16.6. The molecule has 2 amide bonds. The number of carbonyl (C=O) groups excluding carboxylic acids is 5. The zero-order valence-electron chi connectivity index (χ0n) is 32.1. The molecule has 2 aliphatic heterocycles. The van der Waals surface area contributed by atoms with Gasteiger partial charge < -0.3 is 49.1 Å². The van der Waals surface area contributed by atoms with Gasteiger partial charge in [0.25, 0.3) is 0 Å². The van der Waals surface area contributed by atoms with Crippen molar-refractivity contribution in [3.05, 3.63) is 35.1 Å². The molecule has 0 saturated carbocycles. The van der Waals surface area contributed by atoms with E-state index in [0.29, 0.717) is 30.9 Å². The third-order valence-corrected chi connectivity index (χ3v) is 10.1. The van der Waals surface area contributed by atoms with E-state index in [1.54, 1.807) is 54.7 Å². The summed E-state index contributed by atoms with van der Waals surface area (Å²) in [5.74, 6) is -1.51. The van der Waals surface area contributed by atoms with Gasteiger partial charge in [-0.15, -0.1) is 0 Å². The molecule has 2 aliphatic carbocycles. The van der Waals surface area contributed by atoms with Gasteiger partial charge in [-0.05, 0) is 99.0 Å². The first-order chi connectivity index (χ1) is 24.7. The zero-order valence-corrected chi connectivity index (χ0v) is 32.1. The first-order valence-corrected chi connectivity index (χ1v) is 18.1. The number of hydrogen-bond acceptors (Lipinski definition) is 13. The molecule has 2 bridgehead atoms. The molecule has 3 N–H and O–H groups in total. The predicted octanol–water partition coefficient (Wildman–Crippen LogP) is 2.97. The second-order valence-corrected chi connectivity index (χ2v) is 16.2. The molecule has 0 unspecified atom stereocenters. The van der Waals surface area contributed by atoms with Gasteiger partial charge in [-0.25, -0.2) is 9.59 Å². The Balaban J connectivity index is 1.18. The van der Waals surface area contributed by atoms with E-state index in [4.69, 9.17) is 28.4 Å². The molecule has 2 heterocycles. The van der Waals surface area contributed by atoms with Crippen LogP contribution >= 0.6 is 0 Å². The van der Waals surface area contributed by atoms with E-state index in [2.05, 4.69) is 15.5 Å². The van der Waals surface area contributed by atoms with Crippen molar-refractivity contribution >= 4 is 29.9 Å². The summed E-state index contributed by atoms with van der Waals surface area (Å²) in [7, 11) is 3.56. The number of amides is 2. The van der Waals surface area contributed by atoms with Crippen molar-refractivity contribution in [3.8, 4) is 11.5 Å². The topological polar surface area (TPSA) is 188 Å². The highest BCUT2D eigenvalue weighted by Gasteiger charge is 2.72. The van der Waals surface area contributed by atoms with E-state index in [-0.39, 0.29) is 44.0 Å². The molecule has 1 fully saturated rings. The fourth-order valence-corrected chi connectivity index (χ4v) is 7.88. The number of nitrogens with zero attached hydrogens (tertiary/aromatic N) is 1. The van der Waals surface area contributed by atoms with Gasteiger partial charge in [-0.1, -0.05) is 6.07 Å². The maximum Gasteiger partial charge on any atom is 0.408 e. The van der Waals surface area contributed by atoms with Crippen molar-refractivity contribution in [2.45, 2.75) is 134 Å². The Morgan fingerprint density at radius 2 is 1.74 bits per heavy atom. The average Bonchev–Trinajstić information content (AvgIpc) is 3.40. The minimum absolute atomic E-state index is 0.0803. The summed E-state index contributed by atoms with van der Waals surface area (Å²) in [4.78, 5) is 66.1. The number of likely N-dealkylation sites (tertiary alicyclic amines) is 1. The second-order valence-electron chi connectivity index (χ2n) is 16.2. The van der Waals surface area contributed by atoms with Crippen molar-refractivity contribution in [2.24, 2.45) is 0 Å². The number of aliphatic hydroxyl groups is 1. The SMILES string of the molecule is COc1ccc2c3c1O[C@H]1C(OC(=O)[C@H](C)OC(=O)CCNC(=O)[C@H](CCC(=O)OC(C)(C)C)NC(=O)OC(C)(C)C)=CC[C@@]4(O)[C@@H](C2)N(C)CC[C@]314. The lowest BCUT2D eigenvalue weighted by molar-refractivity contribution is -0.175. The zero-order chi connectivity index (χ0) is 39.1. The molecule has 15 heteroatoms. The fourth-order valence-electron chi connectivity index (χ4n) is 7.88. The van der Waals surface area contributed by atoms with Crippen LogP contribution in [-0.4, -0.2) is 108 Å². The number of piperidine rings is 1. The highest BCUT2D eigenvalue weighted by molar-refractivity contribution is 5.87. The Morgan fingerprint density at radius 3 is 2.40 bits per heavy atom. The van der Waals surface area contributed by atoms with Crippen molar-refractivity contribution in [1.29, 1.82) is 0 Å². The van der Waals surface area contributed by atoms with Gasteiger partial charge in [-0.2, -0.15) is 0 Å². The van der Waals surface area contributed by atoms with Gasteiger partial charge in [0.2, 0.25) is 5.91 Å². The summed E-state index contributed by atoms with van der Waals surface area (Å²) in [5.41, 5.74) is -1.65. The molecule has 4 aliphatic rings. The first kappa shape index (κ1) is 39.8. The second kappa shape index (κ2) is 14.8. The van der Waals surface area contributed by atoms with Crippen LogP contribution in [0.5, 0.6) is 11.5 Å². The van der Waals surface area contributed by atoms with Crippen LogP contribution in [0.15, 0.2) is 24.0 Å².